The lowest BCUT2D eigenvalue weighted by Crippen LogP contribution is -2.31. The molecular weight excluding hydrogens is 276 g/mol. The van der Waals surface area contributed by atoms with E-state index in [1.807, 2.05) is 0 Å². The molecule has 0 aliphatic rings. The van der Waals surface area contributed by atoms with Crippen molar-refractivity contribution in [1.29, 1.82) is 0 Å². The maximum Gasteiger partial charge on any atom is 0.392 e. The van der Waals surface area contributed by atoms with Crippen LogP contribution in [0.15, 0.2) is 42.9 Å². The van der Waals surface area contributed by atoms with Crippen LogP contribution in [0.5, 0.6) is 11.5 Å². The molecule has 0 saturated carbocycles. The molecule has 0 N–H and O–H groups in total. The van der Waals surface area contributed by atoms with E-state index in [9.17, 15) is 14.4 Å². The molecule has 2 heterocycles. The molecule has 7 nitrogen and oxygen atoms in total. The molecule has 0 fully saturated rings. The number of carbonyl (C=O) groups excluding carboxylic acids is 3. The molecule has 0 spiro atoms. The Labute approximate surface area is 119 Å². The molecular formula is C14H10N2O5. The van der Waals surface area contributed by atoms with Crippen LogP contribution in [0.4, 0.5) is 0 Å². The van der Waals surface area contributed by atoms with Crippen LogP contribution in [0.1, 0.15) is 5.69 Å². The summed E-state index contributed by atoms with van der Waals surface area (Å²) >= 11 is 0. The number of nitrogens with zero attached hydrogens (tertiary/aromatic N) is 2. The van der Waals surface area contributed by atoms with Crippen LogP contribution < -0.4 is 9.47 Å². The summed E-state index contributed by atoms with van der Waals surface area (Å²) in [6, 6.07) is 5.61. The molecule has 0 bridgehead atoms. The molecule has 0 radical (unpaired) electrons. The van der Waals surface area contributed by atoms with E-state index >= 15 is 0 Å². The van der Waals surface area contributed by atoms with E-state index in [0.717, 1.165) is 0 Å². The Bertz CT molecular complexity index is 685. The summed E-state index contributed by atoms with van der Waals surface area (Å²) < 4.78 is 9.49. The minimum absolute atomic E-state index is 0.107. The first-order chi connectivity index (χ1) is 10.1. The largest absolute Gasteiger partial charge is 0.420 e. The van der Waals surface area contributed by atoms with Crippen LogP contribution in [-0.2, 0) is 14.4 Å². The van der Waals surface area contributed by atoms with Crippen molar-refractivity contribution in [3.05, 3.63) is 48.5 Å². The fourth-order valence-electron chi connectivity index (χ4n) is 1.38. The van der Waals surface area contributed by atoms with Gasteiger partial charge in [0.15, 0.2) is 0 Å². The summed E-state index contributed by atoms with van der Waals surface area (Å²) in [5.74, 6) is -3.81. The van der Waals surface area contributed by atoms with Crippen molar-refractivity contribution in [3.8, 4) is 11.5 Å². The van der Waals surface area contributed by atoms with Gasteiger partial charge in [0.1, 0.15) is 11.5 Å². The second-order valence-corrected chi connectivity index (χ2v) is 3.92. The van der Waals surface area contributed by atoms with Crippen molar-refractivity contribution >= 4 is 17.7 Å². The van der Waals surface area contributed by atoms with E-state index in [2.05, 4.69) is 9.97 Å². The van der Waals surface area contributed by atoms with E-state index in [1.165, 1.54) is 42.9 Å². The first-order valence-corrected chi connectivity index (χ1v) is 5.87. The lowest BCUT2D eigenvalue weighted by Gasteiger charge is -2.04. The predicted octanol–water partition coefficient (Wildman–Crippen LogP) is 0.865. The van der Waals surface area contributed by atoms with Crippen LogP contribution in [0, 0.1) is 6.92 Å². The number of hydrogen-bond acceptors (Lipinski definition) is 7. The summed E-state index contributed by atoms with van der Waals surface area (Å²) in [5, 5.41) is 0. The zero-order chi connectivity index (χ0) is 15.2. The minimum Gasteiger partial charge on any atom is -0.420 e. The smallest absolute Gasteiger partial charge is 0.392 e. The van der Waals surface area contributed by atoms with Gasteiger partial charge in [-0.25, -0.2) is 9.59 Å². The van der Waals surface area contributed by atoms with Gasteiger partial charge in [-0.05, 0) is 25.1 Å². The lowest BCUT2D eigenvalue weighted by atomic mass is 10.3. The topological polar surface area (TPSA) is 95.5 Å². The summed E-state index contributed by atoms with van der Waals surface area (Å²) in [6.07, 6.45) is 4.17. The molecule has 0 unspecified atom stereocenters. The fourth-order valence-corrected chi connectivity index (χ4v) is 1.38. The molecule has 7 heteroatoms. The standard InChI is InChI=1S/C14H10N2O5/c1-9-8-11(4-7-16-9)21-14(19)12(17)13(18)20-10-2-5-15-6-3-10/h2-8H,1H3. The highest BCUT2D eigenvalue weighted by molar-refractivity contribution is 6.60. The van der Waals surface area contributed by atoms with E-state index in [4.69, 9.17) is 9.47 Å². The van der Waals surface area contributed by atoms with Crippen molar-refractivity contribution < 1.29 is 23.9 Å². The number of rotatable bonds is 4. The van der Waals surface area contributed by atoms with Gasteiger partial charge >= 0.3 is 17.7 Å². The Morgan fingerprint density at radius 3 is 2.10 bits per heavy atom. The molecule has 2 rings (SSSR count). The van der Waals surface area contributed by atoms with Crippen LogP contribution in [-0.4, -0.2) is 27.7 Å². The highest BCUT2D eigenvalue weighted by atomic mass is 16.6. The van der Waals surface area contributed by atoms with Gasteiger partial charge in [0.25, 0.3) is 0 Å². The summed E-state index contributed by atoms with van der Waals surface area (Å²) in [6.45, 7) is 1.69. The number of ketones is 1. The van der Waals surface area contributed by atoms with Crippen molar-refractivity contribution in [2.24, 2.45) is 0 Å². The number of hydrogen-bond donors (Lipinski definition) is 0. The number of pyridine rings is 2. The zero-order valence-corrected chi connectivity index (χ0v) is 11.0. The maximum atomic E-state index is 11.6. The third-order valence-electron chi connectivity index (χ3n) is 2.31. The highest BCUT2D eigenvalue weighted by Gasteiger charge is 2.27. The van der Waals surface area contributed by atoms with Crippen LogP contribution in [0.2, 0.25) is 0 Å². The summed E-state index contributed by atoms with van der Waals surface area (Å²) in [4.78, 5) is 42.2. The zero-order valence-electron chi connectivity index (χ0n) is 11.0. The van der Waals surface area contributed by atoms with Crippen LogP contribution in [0.3, 0.4) is 0 Å². The number of carbonyl (C=O) groups is 3. The van der Waals surface area contributed by atoms with Gasteiger partial charge in [0.2, 0.25) is 0 Å². The SMILES string of the molecule is Cc1cc(OC(=O)C(=O)C(=O)Oc2ccncc2)ccn1. The third kappa shape index (κ3) is 3.93. The van der Waals surface area contributed by atoms with Gasteiger partial charge in [-0.1, -0.05) is 0 Å². The summed E-state index contributed by atoms with van der Waals surface area (Å²) in [7, 11) is 0. The van der Waals surface area contributed by atoms with Crippen molar-refractivity contribution in [3.63, 3.8) is 0 Å². The maximum absolute atomic E-state index is 11.6. The normalized spacial score (nSPS) is 9.76. The monoisotopic (exact) mass is 286 g/mol. The molecule has 0 aliphatic heterocycles. The Balaban J connectivity index is 1.99. The van der Waals surface area contributed by atoms with Gasteiger partial charge in [-0.2, -0.15) is 0 Å². The average Bonchev–Trinajstić information content (AvgIpc) is 2.47. The van der Waals surface area contributed by atoms with Crippen molar-refractivity contribution in [2.45, 2.75) is 6.92 Å². The number of aryl methyl sites for hydroxylation is 1. The van der Waals surface area contributed by atoms with Gasteiger partial charge in [0.05, 0.1) is 0 Å². The van der Waals surface area contributed by atoms with Gasteiger partial charge in [0, 0.05) is 30.4 Å². The lowest BCUT2D eigenvalue weighted by molar-refractivity contribution is -0.156. The van der Waals surface area contributed by atoms with Crippen LogP contribution in [0.25, 0.3) is 0 Å². The van der Waals surface area contributed by atoms with Crippen molar-refractivity contribution in [1.82, 2.24) is 9.97 Å². The van der Waals surface area contributed by atoms with Gasteiger partial charge in [-0.3, -0.25) is 14.8 Å². The molecule has 106 valence electrons. The highest BCUT2D eigenvalue weighted by Crippen LogP contribution is 2.11. The average molecular weight is 286 g/mol. The van der Waals surface area contributed by atoms with Crippen LogP contribution >= 0.6 is 0 Å². The quantitative estimate of drug-likeness (QED) is 0.467. The molecule has 0 aliphatic carbocycles. The van der Waals surface area contributed by atoms with E-state index < -0.39 is 17.7 Å². The Morgan fingerprint density at radius 1 is 0.905 bits per heavy atom. The minimum atomic E-state index is -1.40. The third-order valence-corrected chi connectivity index (χ3v) is 2.31. The van der Waals surface area contributed by atoms with E-state index in [0.29, 0.717) is 5.69 Å². The number of ether oxygens (including phenoxy) is 2. The van der Waals surface area contributed by atoms with E-state index in [-0.39, 0.29) is 11.5 Å². The second kappa shape index (κ2) is 6.38. The first kappa shape index (κ1) is 14.3. The molecule has 21 heavy (non-hydrogen) atoms. The number of Topliss-reactive ketones (excluding diaryl/α,β-unsaturated/α-hetero) is 1. The first-order valence-electron chi connectivity index (χ1n) is 5.87. The molecule has 0 aromatic carbocycles. The second-order valence-electron chi connectivity index (χ2n) is 3.92. The predicted molar refractivity (Wildman–Crippen MR) is 69.5 cm³/mol. The van der Waals surface area contributed by atoms with Gasteiger partial charge in [-0.15, -0.1) is 0 Å². The molecule has 0 amide bonds. The molecule has 0 atom stereocenters. The summed E-state index contributed by atoms with van der Waals surface area (Å²) in [5.41, 5.74) is 0.604. The van der Waals surface area contributed by atoms with Gasteiger partial charge < -0.3 is 9.47 Å². The number of aromatic nitrogens is 2. The molecule has 0 saturated heterocycles. The van der Waals surface area contributed by atoms with Crippen molar-refractivity contribution in [2.75, 3.05) is 0 Å². The number of esters is 2. The Kier molecular flexibility index (Phi) is 4.35. The fraction of sp³-hybridized carbons (Fsp3) is 0.0714. The Morgan fingerprint density at radius 2 is 1.48 bits per heavy atom. The Hall–Kier alpha value is -3.09. The molecule has 2 aromatic heterocycles. The molecule has 2 aromatic rings. The van der Waals surface area contributed by atoms with E-state index in [1.54, 1.807) is 6.92 Å².